The van der Waals surface area contributed by atoms with Crippen LogP contribution in [0.3, 0.4) is 0 Å². The zero-order chi connectivity index (χ0) is 49.2. The molecule has 394 valence electrons. The first-order valence-corrected chi connectivity index (χ1v) is 28.6. The molecule has 1 saturated carbocycles. The van der Waals surface area contributed by atoms with Gasteiger partial charge < -0.3 is 39.9 Å². The summed E-state index contributed by atoms with van der Waals surface area (Å²) in [5.74, 6) is -1.10. The number of aliphatic hydroxyl groups is 5. The van der Waals surface area contributed by atoms with Gasteiger partial charge in [-0.25, -0.2) is 4.57 Å². The number of allylic oxidation sites excluding steroid dienone is 4. The van der Waals surface area contributed by atoms with Gasteiger partial charge in [-0.15, -0.1) is 0 Å². The van der Waals surface area contributed by atoms with Crippen LogP contribution >= 0.6 is 7.82 Å². The van der Waals surface area contributed by atoms with Gasteiger partial charge in [-0.2, -0.15) is 0 Å². The predicted octanol–water partition coefficient (Wildman–Crippen LogP) is 12.0. The molecule has 0 bridgehead atoms. The van der Waals surface area contributed by atoms with Crippen molar-refractivity contribution in [3.8, 4) is 0 Å². The van der Waals surface area contributed by atoms with Gasteiger partial charge in [-0.1, -0.05) is 212 Å². The quantitative estimate of drug-likeness (QED) is 0.0145. The third kappa shape index (κ3) is 35.1. The second kappa shape index (κ2) is 43.1. The summed E-state index contributed by atoms with van der Waals surface area (Å²) < 4.78 is 33.7. The lowest BCUT2D eigenvalue weighted by atomic mass is 9.85. The normalized spacial score (nSPS) is 21.3. The minimum absolute atomic E-state index is 0.0836. The van der Waals surface area contributed by atoms with Crippen LogP contribution in [0.25, 0.3) is 0 Å². The molecule has 1 rings (SSSR count). The summed E-state index contributed by atoms with van der Waals surface area (Å²) in [5, 5.41) is 50.3. The van der Waals surface area contributed by atoms with Crippen LogP contribution < -0.4 is 0 Å². The average molecular weight is 975 g/mol. The number of rotatable bonds is 46. The molecule has 8 atom stereocenters. The number of phosphoric ester groups is 1. The SMILES string of the molecule is CCCCC/C=C/C/C=C/CCCCCCCC(=O)O[C@@H](COC(=O)CCCCCCCCCCCCCCCCCCCCCCCCC)COP(=O)(O)OC1C(O)C(O)C(O)[C@H](O)C1O. The number of hydrogen-bond donors (Lipinski definition) is 6. The highest BCUT2D eigenvalue weighted by Crippen LogP contribution is 2.47. The molecular formula is C53H99O13P. The number of aliphatic hydroxyl groups excluding tert-OH is 5. The van der Waals surface area contributed by atoms with Gasteiger partial charge in [0.1, 0.15) is 43.2 Å². The molecule has 0 aromatic heterocycles. The Labute approximate surface area is 406 Å². The Morgan fingerprint density at radius 3 is 1.24 bits per heavy atom. The average Bonchev–Trinajstić information content (AvgIpc) is 3.31. The van der Waals surface area contributed by atoms with Crippen molar-refractivity contribution in [3.05, 3.63) is 24.3 Å². The number of carbonyl (C=O) groups excluding carboxylic acids is 2. The van der Waals surface area contributed by atoms with E-state index in [4.69, 9.17) is 18.5 Å². The number of carbonyl (C=O) groups is 2. The van der Waals surface area contributed by atoms with Crippen LogP contribution in [-0.4, -0.2) is 98.3 Å². The highest BCUT2D eigenvalue weighted by Gasteiger charge is 2.51. The first-order chi connectivity index (χ1) is 32.4. The molecule has 0 aromatic carbocycles. The Morgan fingerprint density at radius 2 is 0.806 bits per heavy atom. The topological polar surface area (TPSA) is 210 Å². The maximum absolute atomic E-state index is 12.9. The monoisotopic (exact) mass is 975 g/mol. The fourth-order valence-corrected chi connectivity index (χ4v) is 9.41. The van der Waals surface area contributed by atoms with E-state index >= 15 is 0 Å². The fourth-order valence-electron chi connectivity index (χ4n) is 8.44. The molecule has 6 N–H and O–H groups in total. The maximum Gasteiger partial charge on any atom is 0.472 e. The molecule has 14 heteroatoms. The van der Waals surface area contributed by atoms with E-state index in [1.807, 2.05) is 0 Å². The number of phosphoric acid groups is 1. The lowest BCUT2D eigenvalue weighted by molar-refractivity contribution is -0.220. The second-order valence-corrected chi connectivity index (χ2v) is 20.5. The summed E-state index contributed by atoms with van der Waals surface area (Å²) in [5.41, 5.74) is 0. The van der Waals surface area contributed by atoms with Crippen molar-refractivity contribution in [3.63, 3.8) is 0 Å². The Hall–Kier alpha value is -1.67. The van der Waals surface area contributed by atoms with Crippen LogP contribution in [0.5, 0.6) is 0 Å². The summed E-state index contributed by atoms with van der Waals surface area (Å²) in [4.78, 5) is 35.9. The molecule has 0 aromatic rings. The minimum atomic E-state index is -5.12. The first kappa shape index (κ1) is 63.3. The van der Waals surface area contributed by atoms with Crippen LogP contribution in [0, 0.1) is 0 Å². The van der Waals surface area contributed by atoms with Crippen molar-refractivity contribution in [2.24, 2.45) is 0 Å². The van der Waals surface area contributed by atoms with Crippen molar-refractivity contribution in [2.45, 2.75) is 288 Å². The molecule has 1 aliphatic carbocycles. The Balaban J connectivity index is 2.33. The summed E-state index contributed by atoms with van der Waals surface area (Å²) in [6.07, 6.45) is 36.6. The van der Waals surface area contributed by atoms with Crippen LogP contribution in [0.15, 0.2) is 24.3 Å². The molecule has 1 aliphatic rings. The maximum atomic E-state index is 12.9. The van der Waals surface area contributed by atoms with Crippen molar-refractivity contribution < 1.29 is 63.1 Å². The van der Waals surface area contributed by atoms with E-state index in [1.165, 1.54) is 141 Å². The molecule has 0 heterocycles. The summed E-state index contributed by atoms with van der Waals surface area (Å²) in [6, 6.07) is 0. The van der Waals surface area contributed by atoms with Gasteiger partial charge in [-0.3, -0.25) is 18.6 Å². The lowest BCUT2D eigenvalue weighted by Crippen LogP contribution is -2.64. The zero-order valence-corrected chi connectivity index (χ0v) is 43.1. The van der Waals surface area contributed by atoms with Crippen molar-refractivity contribution in [2.75, 3.05) is 13.2 Å². The zero-order valence-electron chi connectivity index (χ0n) is 42.2. The molecule has 13 nitrogen and oxygen atoms in total. The van der Waals surface area contributed by atoms with Gasteiger partial charge >= 0.3 is 19.8 Å². The Bertz CT molecular complexity index is 1270. The van der Waals surface area contributed by atoms with Crippen LogP contribution in [0.1, 0.15) is 245 Å². The van der Waals surface area contributed by atoms with Crippen molar-refractivity contribution in [1.82, 2.24) is 0 Å². The third-order valence-electron chi connectivity index (χ3n) is 12.8. The standard InChI is InChI=1S/C53H99O13P/c1-3-5-7-9-11-13-15-17-19-20-21-22-23-24-25-26-28-29-31-33-35-37-39-41-46(54)63-43-45(44-64-67(61,62)66-53-51(59)49(57)48(56)50(58)52(53)60)65-47(55)42-40-38-36-34-32-30-27-18-16-14-12-10-8-6-4-2/h12,14,18,27,45,48-53,56-60H,3-11,13,15-17,19-26,28-44H2,1-2H3,(H,61,62)/b14-12+,27-18+/t45-,48?,49-,50?,51?,52?,53?/m0/s1. The predicted molar refractivity (Wildman–Crippen MR) is 267 cm³/mol. The molecular weight excluding hydrogens is 876 g/mol. The molecule has 0 saturated heterocycles. The van der Waals surface area contributed by atoms with Gasteiger partial charge in [0, 0.05) is 12.8 Å². The van der Waals surface area contributed by atoms with Crippen LogP contribution in [-0.2, 0) is 32.7 Å². The summed E-state index contributed by atoms with van der Waals surface area (Å²) in [6.45, 7) is 3.30. The number of ether oxygens (including phenoxy) is 2. The van der Waals surface area contributed by atoms with E-state index in [0.29, 0.717) is 12.8 Å². The van der Waals surface area contributed by atoms with Gasteiger partial charge in [-0.05, 0) is 44.9 Å². The molecule has 0 aliphatic heterocycles. The van der Waals surface area contributed by atoms with Crippen LogP contribution in [0.2, 0.25) is 0 Å². The van der Waals surface area contributed by atoms with E-state index in [-0.39, 0.29) is 12.8 Å². The molecule has 67 heavy (non-hydrogen) atoms. The van der Waals surface area contributed by atoms with E-state index < -0.39 is 75.7 Å². The van der Waals surface area contributed by atoms with Crippen molar-refractivity contribution in [1.29, 1.82) is 0 Å². The third-order valence-corrected chi connectivity index (χ3v) is 13.8. The molecule has 0 radical (unpaired) electrons. The smallest absolute Gasteiger partial charge is 0.462 e. The second-order valence-electron chi connectivity index (χ2n) is 19.1. The van der Waals surface area contributed by atoms with Crippen LogP contribution in [0.4, 0.5) is 0 Å². The molecule has 0 spiro atoms. The van der Waals surface area contributed by atoms with Gasteiger partial charge in [0.2, 0.25) is 0 Å². The van der Waals surface area contributed by atoms with Gasteiger partial charge in [0.15, 0.2) is 6.10 Å². The molecule has 6 unspecified atom stereocenters. The highest BCUT2D eigenvalue weighted by atomic mass is 31.2. The Morgan fingerprint density at radius 1 is 0.463 bits per heavy atom. The highest BCUT2D eigenvalue weighted by molar-refractivity contribution is 7.47. The number of esters is 2. The van der Waals surface area contributed by atoms with Gasteiger partial charge in [0.05, 0.1) is 6.61 Å². The largest absolute Gasteiger partial charge is 0.472 e. The fraction of sp³-hybridized carbons (Fsp3) is 0.887. The lowest BCUT2D eigenvalue weighted by Gasteiger charge is -2.41. The number of unbranched alkanes of at least 4 members (excludes halogenated alkanes) is 30. The van der Waals surface area contributed by atoms with Gasteiger partial charge in [0.25, 0.3) is 0 Å². The van der Waals surface area contributed by atoms with E-state index in [1.54, 1.807) is 0 Å². The van der Waals surface area contributed by atoms with Crippen molar-refractivity contribution >= 4 is 19.8 Å². The molecule has 1 fully saturated rings. The molecule has 0 amide bonds. The van der Waals surface area contributed by atoms with E-state index in [9.17, 15) is 44.6 Å². The Kier molecular flexibility index (Phi) is 40.8. The summed E-state index contributed by atoms with van der Waals surface area (Å²) >= 11 is 0. The first-order valence-electron chi connectivity index (χ1n) is 27.1. The summed E-state index contributed by atoms with van der Waals surface area (Å²) in [7, 11) is -5.12. The number of hydrogen-bond acceptors (Lipinski definition) is 12. The van der Waals surface area contributed by atoms with E-state index in [0.717, 1.165) is 64.2 Å². The van der Waals surface area contributed by atoms with E-state index in [2.05, 4.69) is 38.2 Å². The minimum Gasteiger partial charge on any atom is -0.462 e.